The predicted octanol–water partition coefficient (Wildman–Crippen LogP) is 1.98. The second-order valence-corrected chi connectivity index (χ2v) is 6.23. The van der Waals surface area contributed by atoms with Crippen molar-refractivity contribution in [1.29, 1.82) is 0 Å². The number of carbonyl (C=O) groups excluding carboxylic acids is 1. The van der Waals surface area contributed by atoms with Crippen LogP contribution in [0.1, 0.15) is 10.5 Å². The summed E-state index contributed by atoms with van der Waals surface area (Å²) in [5.41, 5.74) is 0.237. The number of nitrogens with zero attached hydrogens (tertiary/aromatic N) is 6. The monoisotopic (exact) mass is 379 g/mol. The Morgan fingerprint density at radius 2 is 1.61 bits per heavy atom. The number of para-hydroxylation sites is 1. The largest absolute Gasteiger partial charge is 0.352 e. The molecular weight excluding hydrogens is 361 g/mol. The van der Waals surface area contributed by atoms with Gasteiger partial charge in [-0.05, 0) is 30.3 Å². The molecule has 0 radical (unpaired) electrons. The molecule has 1 amide bonds. The summed E-state index contributed by atoms with van der Waals surface area (Å²) < 4.78 is 13.7. The highest BCUT2D eigenvalue weighted by Gasteiger charge is 2.20. The minimum absolute atomic E-state index is 0.109. The van der Waals surface area contributed by atoms with Crippen molar-refractivity contribution in [2.45, 2.75) is 0 Å². The van der Waals surface area contributed by atoms with Crippen molar-refractivity contribution < 1.29 is 9.18 Å². The van der Waals surface area contributed by atoms with Gasteiger partial charge in [-0.25, -0.2) is 14.4 Å². The van der Waals surface area contributed by atoms with E-state index in [1.54, 1.807) is 42.7 Å². The molecule has 0 aliphatic carbocycles. The average Bonchev–Trinajstić information content (AvgIpc) is 2.76. The molecule has 142 valence electrons. The standard InChI is InChI=1S/C19H18FN7O/c20-14-4-1-2-5-15(14)23-18(28)16-6-7-17(25-24-16)26-10-12-27(13-11-26)19-21-8-3-9-22-19/h1-9H,10-13H2,(H,23,28). The van der Waals surface area contributed by atoms with Crippen LogP contribution in [0.5, 0.6) is 0 Å². The minimum Gasteiger partial charge on any atom is -0.352 e. The molecule has 1 saturated heterocycles. The van der Waals surface area contributed by atoms with Crippen LogP contribution in [0.4, 0.5) is 21.8 Å². The molecule has 0 bridgehead atoms. The molecule has 28 heavy (non-hydrogen) atoms. The fourth-order valence-corrected chi connectivity index (χ4v) is 2.95. The lowest BCUT2D eigenvalue weighted by Crippen LogP contribution is -2.47. The van der Waals surface area contributed by atoms with Gasteiger partial charge in [0, 0.05) is 38.6 Å². The molecular formula is C19H18FN7O. The lowest BCUT2D eigenvalue weighted by Gasteiger charge is -2.35. The van der Waals surface area contributed by atoms with E-state index in [9.17, 15) is 9.18 Å². The zero-order chi connectivity index (χ0) is 19.3. The first kappa shape index (κ1) is 17.8. The Bertz CT molecular complexity index is 944. The van der Waals surface area contributed by atoms with E-state index in [1.165, 1.54) is 12.1 Å². The van der Waals surface area contributed by atoms with E-state index in [4.69, 9.17) is 0 Å². The number of aromatic nitrogens is 4. The molecule has 0 atom stereocenters. The molecule has 3 aromatic rings. The highest BCUT2D eigenvalue weighted by Crippen LogP contribution is 2.17. The quantitative estimate of drug-likeness (QED) is 0.742. The molecule has 0 saturated carbocycles. The van der Waals surface area contributed by atoms with Crippen LogP contribution in [-0.4, -0.2) is 52.3 Å². The van der Waals surface area contributed by atoms with Crippen molar-refractivity contribution in [3.63, 3.8) is 0 Å². The van der Waals surface area contributed by atoms with Crippen molar-refractivity contribution in [1.82, 2.24) is 20.2 Å². The number of benzene rings is 1. The van der Waals surface area contributed by atoms with Crippen LogP contribution in [-0.2, 0) is 0 Å². The van der Waals surface area contributed by atoms with Gasteiger partial charge < -0.3 is 15.1 Å². The van der Waals surface area contributed by atoms with Gasteiger partial charge in [-0.3, -0.25) is 4.79 Å². The molecule has 1 fully saturated rings. The van der Waals surface area contributed by atoms with Crippen molar-refractivity contribution >= 4 is 23.4 Å². The first-order valence-corrected chi connectivity index (χ1v) is 8.87. The Hall–Kier alpha value is -3.62. The normalized spacial score (nSPS) is 14.0. The van der Waals surface area contributed by atoms with Crippen LogP contribution in [0.15, 0.2) is 54.9 Å². The van der Waals surface area contributed by atoms with Crippen LogP contribution < -0.4 is 15.1 Å². The van der Waals surface area contributed by atoms with Crippen LogP contribution >= 0.6 is 0 Å². The number of hydrogen-bond acceptors (Lipinski definition) is 7. The van der Waals surface area contributed by atoms with Gasteiger partial charge in [-0.15, -0.1) is 10.2 Å². The fraction of sp³-hybridized carbons (Fsp3) is 0.211. The maximum Gasteiger partial charge on any atom is 0.276 e. The van der Waals surface area contributed by atoms with Crippen LogP contribution in [0.25, 0.3) is 0 Å². The first-order valence-electron chi connectivity index (χ1n) is 8.87. The molecule has 1 N–H and O–H groups in total. The van der Waals surface area contributed by atoms with E-state index in [-0.39, 0.29) is 11.4 Å². The number of halogens is 1. The lowest BCUT2D eigenvalue weighted by atomic mass is 10.2. The van der Waals surface area contributed by atoms with Crippen molar-refractivity contribution in [3.05, 3.63) is 66.4 Å². The topological polar surface area (TPSA) is 87.1 Å². The minimum atomic E-state index is -0.504. The third kappa shape index (κ3) is 3.88. The number of piperazine rings is 1. The predicted molar refractivity (Wildman–Crippen MR) is 103 cm³/mol. The molecule has 4 rings (SSSR count). The smallest absolute Gasteiger partial charge is 0.276 e. The summed E-state index contributed by atoms with van der Waals surface area (Å²) in [6, 6.07) is 11.1. The molecule has 3 heterocycles. The SMILES string of the molecule is O=C(Nc1ccccc1F)c1ccc(N2CCN(c3ncccn3)CC2)nn1. The van der Waals surface area contributed by atoms with Crippen LogP contribution in [0.3, 0.4) is 0 Å². The summed E-state index contributed by atoms with van der Waals surface area (Å²) in [7, 11) is 0. The fourth-order valence-electron chi connectivity index (χ4n) is 2.95. The second-order valence-electron chi connectivity index (χ2n) is 6.23. The molecule has 8 nitrogen and oxygen atoms in total. The third-order valence-corrected chi connectivity index (χ3v) is 4.44. The Labute approximate surface area is 161 Å². The number of amides is 1. The van der Waals surface area contributed by atoms with Gasteiger partial charge in [-0.2, -0.15) is 0 Å². The van der Waals surface area contributed by atoms with E-state index in [0.29, 0.717) is 11.8 Å². The number of carbonyl (C=O) groups is 1. The zero-order valence-corrected chi connectivity index (χ0v) is 15.0. The molecule has 0 spiro atoms. The summed E-state index contributed by atoms with van der Waals surface area (Å²) in [5, 5.41) is 10.6. The van der Waals surface area contributed by atoms with Gasteiger partial charge in [-0.1, -0.05) is 12.1 Å². The number of rotatable bonds is 4. The van der Waals surface area contributed by atoms with Gasteiger partial charge in [0.15, 0.2) is 11.5 Å². The van der Waals surface area contributed by atoms with E-state index in [2.05, 4.69) is 35.3 Å². The molecule has 2 aromatic heterocycles. The van der Waals surface area contributed by atoms with Gasteiger partial charge in [0.25, 0.3) is 5.91 Å². The second kappa shape index (κ2) is 7.95. The van der Waals surface area contributed by atoms with Crippen molar-refractivity contribution in [2.75, 3.05) is 41.3 Å². The van der Waals surface area contributed by atoms with Gasteiger partial charge in [0.1, 0.15) is 5.82 Å². The van der Waals surface area contributed by atoms with Crippen LogP contribution in [0.2, 0.25) is 0 Å². The molecule has 1 aliphatic rings. The van der Waals surface area contributed by atoms with E-state index in [1.807, 2.05) is 0 Å². The molecule has 1 aromatic carbocycles. The Balaban J connectivity index is 1.37. The first-order chi connectivity index (χ1) is 13.7. The zero-order valence-electron chi connectivity index (χ0n) is 15.0. The maximum absolute atomic E-state index is 13.7. The Kier molecular flexibility index (Phi) is 5.05. The van der Waals surface area contributed by atoms with E-state index >= 15 is 0 Å². The van der Waals surface area contributed by atoms with Crippen molar-refractivity contribution in [3.8, 4) is 0 Å². The third-order valence-electron chi connectivity index (χ3n) is 4.44. The maximum atomic E-state index is 13.7. The number of nitrogens with one attached hydrogen (secondary N) is 1. The molecule has 9 heteroatoms. The number of hydrogen-bond donors (Lipinski definition) is 1. The van der Waals surface area contributed by atoms with Crippen LogP contribution in [0, 0.1) is 5.82 Å². The summed E-state index contributed by atoms with van der Waals surface area (Å²) in [6.45, 7) is 3.02. The number of anilines is 3. The van der Waals surface area contributed by atoms with Crippen molar-refractivity contribution in [2.24, 2.45) is 0 Å². The summed E-state index contributed by atoms with van der Waals surface area (Å²) in [4.78, 5) is 25.0. The molecule has 1 aliphatic heterocycles. The van der Waals surface area contributed by atoms with Gasteiger partial charge in [0.2, 0.25) is 5.95 Å². The average molecular weight is 379 g/mol. The van der Waals surface area contributed by atoms with E-state index < -0.39 is 11.7 Å². The lowest BCUT2D eigenvalue weighted by molar-refractivity contribution is 0.102. The van der Waals surface area contributed by atoms with Gasteiger partial charge in [0.05, 0.1) is 5.69 Å². The summed E-state index contributed by atoms with van der Waals surface area (Å²) >= 11 is 0. The highest BCUT2D eigenvalue weighted by atomic mass is 19.1. The Morgan fingerprint density at radius 3 is 2.29 bits per heavy atom. The Morgan fingerprint density at radius 1 is 0.893 bits per heavy atom. The molecule has 0 unspecified atom stereocenters. The highest BCUT2D eigenvalue weighted by molar-refractivity contribution is 6.02. The van der Waals surface area contributed by atoms with Gasteiger partial charge >= 0.3 is 0 Å². The summed E-state index contributed by atoms with van der Waals surface area (Å²) in [6.07, 6.45) is 3.45. The van der Waals surface area contributed by atoms with E-state index in [0.717, 1.165) is 26.2 Å². The summed E-state index contributed by atoms with van der Waals surface area (Å²) in [5.74, 6) is 0.403.